The number of amides is 5. The largest absolute Gasteiger partial charge is 0.494 e. The van der Waals surface area contributed by atoms with Gasteiger partial charge in [0.25, 0.3) is 17.7 Å². The molecule has 49 heavy (non-hydrogen) atoms. The minimum absolute atomic E-state index is 0.0507. The van der Waals surface area contributed by atoms with Crippen molar-refractivity contribution in [1.29, 1.82) is 0 Å². The molecule has 0 spiro atoms. The van der Waals surface area contributed by atoms with Crippen molar-refractivity contribution in [1.82, 2.24) is 25.3 Å². The van der Waals surface area contributed by atoms with Gasteiger partial charge in [0.15, 0.2) is 0 Å². The number of halogens is 1. The van der Waals surface area contributed by atoms with Crippen LogP contribution in [0.5, 0.6) is 11.5 Å². The number of fused-ring (bicyclic) bond motifs is 1. The second-order valence-corrected chi connectivity index (χ2v) is 14.0. The zero-order valence-corrected chi connectivity index (χ0v) is 28.4. The number of nitrogens with one attached hydrogen (secondary N) is 2. The van der Waals surface area contributed by atoms with Crippen LogP contribution in [-0.4, -0.2) is 75.7 Å². The zero-order chi connectivity index (χ0) is 35.2. The molecule has 1 atom stereocenters. The van der Waals surface area contributed by atoms with Crippen molar-refractivity contribution < 1.29 is 33.4 Å². The number of rotatable bonds is 11. The fraction of sp³-hybridized carbons (Fsp3) is 0.400. The van der Waals surface area contributed by atoms with E-state index < -0.39 is 29.7 Å². The highest BCUT2D eigenvalue weighted by Gasteiger charge is 2.64. The van der Waals surface area contributed by atoms with Crippen molar-refractivity contribution in [3.63, 3.8) is 0 Å². The quantitative estimate of drug-likeness (QED) is 0.171. The molecule has 1 saturated carbocycles. The third kappa shape index (κ3) is 6.18. The van der Waals surface area contributed by atoms with Crippen LogP contribution in [0.4, 0.5) is 5.69 Å². The molecule has 1 unspecified atom stereocenters. The van der Waals surface area contributed by atoms with E-state index in [2.05, 4.69) is 55.1 Å². The van der Waals surface area contributed by atoms with Gasteiger partial charge in [0.05, 0.1) is 28.4 Å². The molecular weight excluding hydrogens is 652 g/mol. The van der Waals surface area contributed by atoms with Gasteiger partial charge in [0.2, 0.25) is 11.8 Å². The lowest BCUT2D eigenvalue weighted by Gasteiger charge is -2.63. The standard InChI is InChI=1S/C35H37ClN6O7/c1-34(2)32(35(3,4)33(34)49-20-8-10-24(37-5)23(36)18-20)39-28(44)25-13-15-41(40-25)14-6-16-48-19-7-9-21-22(17-19)31(47)42(30(21)46)26-11-12-27(43)38-29(26)45/h7-10,13,15,17-18,26,32-33H,5-6,11-12,14,16H2,1-4H3,(H,39,44)(H,38,43,45). The van der Waals surface area contributed by atoms with Crippen LogP contribution in [0.3, 0.4) is 0 Å². The second-order valence-electron chi connectivity index (χ2n) is 13.6. The first-order valence-corrected chi connectivity index (χ1v) is 16.4. The van der Waals surface area contributed by atoms with Crippen LogP contribution in [0.15, 0.2) is 53.7 Å². The molecule has 1 aromatic heterocycles. The van der Waals surface area contributed by atoms with Crippen molar-refractivity contribution in [2.45, 2.75) is 71.7 Å². The van der Waals surface area contributed by atoms with Crippen molar-refractivity contribution in [3.8, 4) is 11.5 Å². The Morgan fingerprint density at radius 3 is 2.45 bits per heavy atom. The third-order valence-corrected chi connectivity index (χ3v) is 9.85. The number of hydrogen-bond acceptors (Lipinski definition) is 9. The molecule has 2 fully saturated rings. The van der Waals surface area contributed by atoms with Crippen LogP contribution in [0.1, 0.15) is 78.2 Å². The van der Waals surface area contributed by atoms with Crippen molar-refractivity contribution >= 4 is 53.5 Å². The summed E-state index contributed by atoms with van der Waals surface area (Å²) in [6, 6.07) is 10.3. The lowest BCUT2D eigenvalue weighted by molar-refractivity contribution is -0.164. The van der Waals surface area contributed by atoms with Gasteiger partial charge in [-0.3, -0.25) is 43.9 Å². The van der Waals surface area contributed by atoms with E-state index in [0.717, 1.165) is 4.90 Å². The first-order chi connectivity index (χ1) is 23.2. The molecular formula is C35H37ClN6O7. The number of ether oxygens (including phenoxy) is 2. The van der Waals surface area contributed by atoms with E-state index >= 15 is 0 Å². The molecule has 3 aromatic rings. The SMILES string of the molecule is C=Nc1ccc(OC2C(C)(C)C(NC(=O)c3ccn(CCCOc4ccc5c(c4)C(=O)N(C4CCC(=O)NC4=O)C5=O)n3)C2(C)C)cc1Cl. The molecule has 2 aliphatic heterocycles. The maximum atomic E-state index is 13.3. The fourth-order valence-electron chi connectivity index (χ4n) is 7.39. The maximum absolute atomic E-state index is 13.3. The van der Waals surface area contributed by atoms with E-state index in [9.17, 15) is 24.0 Å². The second kappa shape index (κ2) is 12.8. The molecule has 1 aliphatic carbocycles. The molecule has 14 heteroatoms. The minimum atomic E-state index is -1.03. The molecule has 256 valence electrons. The monoisotopic (exact) mass is 688 g/mol. The number of piperidine rings is 1. The number of aryl methyl sites for hydroxylation is 1. The number of carbonyl (C=O) groups excluding carboxylic acids is 5. The number of aliphatic imine (C=N–C) groups is 1. The van der Waals surface area contributed by atoms with E-state index in [-0.39, 0.29) is 59.5 Å². The van der Waals surface area contributed by atoms with Crippen LogP contribution in [0, 0.1) is 10.8 Å². The van der Waals surface area contributed by atoms with Crippen LogP contribution in [0.2, 0.25) is 5.02 Å². The fourth-order valence-corrected chi connectivity index (χ4v) is 7.62. The molecule has 3 aliphatic rings. The first-order valence-electron chi connectivity index (χ1n) is 16.0. The molecule has 0 bridgehead atoms. The Bertz CT molecular complexity index is 1870. The summed E-state index contributed by atoms with van der Waals surface area (Å²) in [7, 11) is 0. The zero-order valence-electron chi connectivity index (χ0n) is 27.6. The number of benzene rings is 2. The van der Waals surface area contributed by atoms with Crippen LogP contribution in [-0.2, 0) is 16.1 Å². The smallest absolute Gasteiger partial charge is 0.272 e. The number of carbonyl (C=O) groups is 5. The Balaban J connectivity index is 0.999. The molecule has 3 heterocycles. The van der Waals surface area contributed by atoms with Gasteiger partial charge < -0.3 is 14.8 Å². The van der Waals surface area contributed by atoms with E-state index in [0.29, 0.717) is 40.9 Å². The van der Waals surface area contributed by atoms with E-state index in [1.807, 2.05) is 0 Å². The van der Waals surface area contributed by atoms with Gasteiger partial charge in [-0.1, -0.05) is 39.3 Å². The average Bonchev–Trinajstić information content (AvgIpc) is 3.63. The maximum Gasteiger partial charge on any atom is 0.272 e. The third-order valence-electron chi connectivity index (χ3n) is 9.54. The number of hydrogen-bond donors (Lipinski definition) is 2. The summed E-state index contributed by atoms with van der Waals surface area (Å²) in [5.41, 5.74) is 0.421. The van der Waals surface area contributed by atoms with E-state index in [1.54, 1.807) is 41.2 Å². The Kier molecular flexibility index (Phi) is 8.82. The van der Waals surface area contributed by atoms with Gasteiger partial charge in [-0.2, -0.15) is 5.10 Å². The van der Waals surface area contributed by atoms with Crippen LogP contribution in [0.25, 0.3) is 0 Å². The summed E-state index contributed by atoms with van der Waals surface area (Å²) in [6.45, 7) is 12.5. The van der Waals surface area contributed by atoms with Gasteiger partial charge in [-0.05, 0) is 49.5 Å². The molecule has 5 amide bonds. The van der Waals surface area contributed by atoms with Crippen LogP contribution >= 0.6 is 11.6 Å². The molecule has 0 radical (unpaired) electrons. The Hall–Kier alpha value is -5.04. The lowest BCUT2D eigenvalue weighted by atomic mass is 9.49. The van der Waals surface area contributed by atoms with Crippen LogP contribution < -0.4 is 20.1 Å². The molecule has 13 nitrogen and oxygen atoms in total. The molecule has 6 rings (SSSR count). The summed E-state index contributed by atoms with van der Waals surface area (Å²) in [6.07, 6.45) is 2.21. The Morgan fingerprint density at radius 1 is 1.04 bits per heavy atom. The summed E-state index contributed by atoms with van der Waals surface area (Å²) in [5.74, 6) is -1.53. The number of aromatic nitrogens is 2. The van der Waals surface area contributed by atoms with Gasteiger partial charge in [-0.15, -0.1) is 0 Å². The molecule has 2 N–H and O–H groups in total. The van der Waals surface area contributed by atoms with E-state index in [1.165, 1.54) is 12.1 Å². The topological polar surface area (TPSA) is 161 Å². The number of nitrogens with zero attached hydrogens (tertiary/aromatic N) is 4. The normalized spacial score (nSPS) is 22.2. The highest BCUT2D eigenvalue weighted by molar-refractivity contribution is 6.33. The van der Waals surface area contributed by atoms with Gasteiger partial charge in [0.1, 0.15) is 29.3 Å². The van der Waals surface area contributed by atoms with Crippen molar-refractivity contribution in [2.24, 2.45) is 15.8 Å². The first kappa shape index (κ1) is 33.8. The van der Waals surface area contributed by atoms with Gasteiger partial charge in [-0.25, -0.2) is 0 Å². The highest BCUT2D eigenvalue weighted by atomic mass is 35.5. The highest BCUT2D eigenvalue weighted by Crippen LogP contribution is 2.55. The van der Waals surface area contributed by atoms with Gasteiger partial charge >= 0.3 is 0 Å². The van der Waals surface area contributed by atoms with E-state index in [4.69, 9.17) is 21.1 Å². The summed E-state index contributed by atoms with van der Waals surface area (Å²) in [4.78, 5) is 67.8. The predicted octanol–water partition coefficient (Wildman–Crippen LogP) is 4.35. The van der Waals surface area contributed by atoms with Crippen molar-refractivity contribution in [2.75, 3.05) is 6.61 Å². The lowest BCUT2D eigenvalue weighted by Crippen LogP contribution is -2.74. The molecule has 1 saturated heterocycles. The number of imide groups is 2. The minimum Gasteiger partial charge on any atom is -0.494 e. The average molecular weight is 689 g/mol. The molecule has 2 aromatic carbocycles. The summed E-state index contributed by atoms with van der Waals surface area (Å²) >= 11 is 6.29. The Labute approximate surface area is 288 Å². The Morgan fingerprint density at radius 2 is 1.76 bits per heavy atom. The summed E-state index contributed by atoms with van der Waals surface area (Å²) < 4.78 is 13.9. The van der Waals surface area contributed by atoms with Gasteiger partial charge in [0, 0.05) is 48.5 Å². The summed E-state index contributed by atoms with van der Waals surface area (Å²) in [5, 5.41) is 10.2. The predicted molar refractivity (Wildman–Crippen MR) is 179 cm³/mol. The van der Waals surface area contributed by atoms with Crippen molar-refractivity contribution in [3.05, 3.63) is 70.5 Å².